The molecule has 0 bridgehead atoms. The van der Waals surface area contributed by atoms with Crippen molar-refractivity contribution in [1.29, 1.82) is 0 Å². The molecular formula is C19H20O. The van der Waals surface area contributed by atoms with Gasteiger partial charge in [0, 0.05) is 11.5 Å². The van der Waals surface area contributed by atoms with Gasteiger partial charge in [-0.05, 0) is 53.5 Å². The van der Waals surface area contributed by atoms with E-state index in [0.717, 1.165) is 24.8 Å². The normalized spacial score (nSPS) is 24.4. The van der Waals surface area contributed by atoms with E-state index in [0.29, 0.717) is 11.7 Å². The van der Waals surface area contributed by atoms with E-state index in [9.17, 15) is 4.79 Å². The molecule has 4 rings (SSSR count). The Morgan fingerprint density at radius 1 is 1.05 bits per heavy atom. The molecule has 0 heterocycles. The van der Waals surface area contributed by atoms with E-state index in [1.54, 1.807) is 0 Å². The summed E-state index contributed by atoms with van der Waals surface area (Å²) in [6.07, 6.45) is 5.74. The van der Waals surface area contributed by atoms with E-state index in [1.807, 2.05) is 0 Å². The zero-order valence-corrected chi connectivity index (χ0v) is 12.0. The first kappa shape index (κ1) is 12.1. The van der Waals surface area contributed by atoms with Crippen LogP contribution in [-0.4, -0.2) is 5.78 Å². The Balaban J connectivity index is 1.87. The zero-order chi connectivity index (χ0) is 13.7. The summed E-state index contributed by atoms with van der Waals surface area (Å²) in [6, 6.07) is 10.7. The number of ketones is 1. The number of carbonyl (C=O) groups excluding carboxylic acids is 1. The van der Waals surface area contributed by atoms with Crippen LogP contribution >= 0.6 is 0 Å². The molecule has 1 nitrogen and oxygen atoms in total. The van der Waals surface area contributed by atoms with Crippen LogP contribution in [0.5, 0.6) is 0 Å². The quantitative estimate of drug-likeness (QED) is 0.727. The van der Waals surface area contributed by atoms with Gasteiger partial charge in [0.15, 0.2) is 5.78 Å². The summed E-state index contributed by atoms with van der Waals surface area (Å²) in [5, 5.41) is 2.56. The van der Waals surface area contributed by atoms with Gasteiger partial charge in [-0.1, -0.05) is 43.7 Å². The van der Waals surface area contributed by atoms with E-state index in [1.165, 1.54) is 34.7 Å². The fourth-order valence-electron chi connectivity index (χ4n) is 4.20. The highest BCUT2D eigenvalue weighted by Crippen LogP contribution is 2.38. The van der Waals surface area contributed by atoms with Crippen LogP contribution < -0.4 is 0 Å². The van der Waals surface area contributed by atoms with Gasteiger partial charge in [0.25, 0.3) is 0 Å². The van der Waals surface area contributed by atoms with Crippen molar-refractivity contribution in [3.63, 3.8) is 0 Å². The van der Waals surface area contributed by atoms with Gasteiger partial charge in [-0.25, -0.2) is 0 Å². The summed E-state index contributed by atoms with van der Waals surface area (Å²) in [5.74, 6) is 1.17. The fraction of sp³-hybridized carbons (Fsp3) is 0.421. The third kappa shape index (κ3) is 1.65. The van der Waals surface area contributed by atoms with E-state index < -0.39 is 0 Å². The van der Waals surface area contributed by atoms with Gasteiger partial charge < -0.3 is 0 Å². The van der Waals surface area contributed by atoms with Gasteiger partial charge in [0.2, 0.25) is 0 Å². The first-order valence-corrected chi connectivity index (χ1v) is 7.83. The van der Waals surface area contributed by atoms with Crippen LogP contribution in [0.1, 0.15) is 47.7 Å². The number of hydrogen-bond donors (Lipinski definition) is 0. The SMILES string of the molecule is CC1CCCC1C(=O)c1ccc2c3c(cccc13)CC2. The Labute approximate surface area is 120 Å². The van der Waals surface area contributed by atoms with Crippen molar-refractivity contribution < 1.29 is 4.79 Å². The lowest BCUT2D eigenvalue weighted by Gasteiger charge is -2.16. The largest absolute Gasteiger partial charge is 0.294 e. The Morgan fingerprint density at radius 2 is 1.85 bits per heavy atom. The van der Waals surface area contributed by atoms with E-state index in [4.69, 9.17) is 0 Å². The molecule has 0 aromatic heterocycles. The predicted molar refractivity (Wildman–Crippen MR) is 82.2 cm³/mol. The second-order valence-electron chi connectivity index (χ2n) is 6.49. The smallest absolute Gasteiger partial charge is 0.166 e. The lowest BCUT2D eigenvalue weighted by molar-refractivity contribution is 0.0899. The first-order valence-electron chi connectivity index (χ1n) is 7.83. The number of Topliss-reactive ketones (excluding diaryl/α,β-unsaturated/α-hetero) is 1. The predicted octanol–water partition coefficient (Wildman–Crippen LogP) is 4.56. The summed E-state index contributed by atoms with van der Waals surface area (Å²) in [6.45, 7) is 2.23. The summed E-state index contributed by atoms with van der Waals surface area (Å²) >= 11 is 0. The second-order valence-corrected chi connectivity index (χ2v) is 6.49. The van der Waals surface area contributed by atoms with E-state index in [2.05, 4.69) is 37.3 Å². The van der Waals surface area contributed by atoms with Gasteiger partial charge in [-0.3, -0.25) is 4.79 Å². The topological polar surface area (TPSA) is 17.1 Å². The van der Waals surface area contributed by atoms with Crippen molar-refractivity contribution in [3.8, 4) is 0 Å². The number of benzene rings is 2. The minimum atomic E-state index is 0.244. The molecule has 2 aromatic carbocycles. The Hall–Kier alpha value is -1.63. The zero-order valence-electron chi connectivity index (χ0n) is 12.0. The molecule has 102 valence electrons. The third-order valence-electron chi connectivity index (χ3n) is 5.34. The van der Waals surface area contributed by atoms with Crippen molar-refractivity contribution in [2.24, 2.45) is 11.8 Å². The van der Waals surface area contributed by atoms with Crippen LogP contribution in [0.25, 0.3) is 10.8 Å². The van der Waals surface area contributed by atoms with E-state index in [-0.39, 0.29) is 5.92 Å². The minimum absolute atomic E-state index is 0.244. The highest BCUT2D eigenvalue weighted by molar-refractivity contribution is 6.11. The molecule has 1 fully saturated rings. The van der Waals surface area contributed by atoms with Crippen LogP contribution in [0.15, 0.2) is 30.3 Å². The van der Waals surface area contributed by atoms with Gasteiger partial charge in [-0.15, -0.1) is 0 Å². The maximum absolute atomic E-state index is 12.9. The first-order chi connectivity index (χ1) is 9.75. The lowest BCUT2D eigenvalue weighted by Crippen LogP contribution is -2.17. The van der Waals surface area contributed by atoms with Crippen molar-refractivity contribution >= 4 is 16.6 Å². The van der Waals surface area contributed by atoms with Crippen molar-refractivity contribution in [3.05, 3.63) is 47.0 Å². The number of carbonyl (C=O) groups is 1. The molecule has 2 aliphatic carbocycles. The average molecular weight is 264 g/mol. The Morgan fingerprint density at radius 3 is 2.60 bits per heavy atom. The van der Waals surface area contributed by atoms with Crippen molar-refractivity contribution in [2.75, 3.05) is 0 Å². The Kier molecular flexibility index (Phi) is 2.70. The fourth-order valence-corrected chi connectivity index (χ4v) is 4.20. The maximum Gasteiger partial charge on any atom is 0.166 e. The number of aryl methyl sites for hydroxylation is 2. The molecule has 0 radical (unpaired) electrons. The molecule has 0 saturated heterocycles. The molecular weight excluding hydrogens is 244 g/mol. The standard InChI is InChI=1S/C19H20O/c1-12-4-2-6-15(12)19(20)17-11-10-14-9-8-13-5-3-7-16(17)18(13)14/h3,5,7,10-12,15H,2,4,6,8-9H2,1H3. The lowest BCUT2D eigenvalue weighted by atomic mass is 9.87. The highest BCUT2D eigenvalue weighted by Gasteiger charge is 2.31. The summed E-state index contributed by atoms with van der Waals surface area (Å²) in [5.41, 5.74) is 3.81. The monoisotopic (exact) mass is 264 g/mol. The minimum Gasteiger partial charge on any atom is -0.294 e. The molecule has 0 N–H and O–H groups in total. The Bertz CT molecular complexity index is 688. The molecule has 2 aliphatic rings. The summed E-state index contributed by atoms with van der Waals surface area (Å²) < 4.78 is 0. The molecule has 2 aromatic rings. The average Bonchev–Trinajstić information content (AvgIpc) is 3.07. The van der Waals surface area contributed by atoms with Crippen molar-refractivity contribution in [2.45, 2.75) is 39.0 Å². The van der Waals surface area contributed by atoms with Crippen LogP contribution in [-0.2, 0) is 12.8 Å². The summed E-state index contributed by atoms with van der Waals surface area (Å²) in [7, 11) is 0. The van der Waals surface area contributed by atoms with Crippen molar-refractivity contribution in [1.82, 2.24) is 0 Å². The molecule has 1 saturated carbocycles. The van der Waals surface area contributed by atoms with E-state index >= 15 is 0 Å². The van der Waals surface area contributed by atoms with Gasteiger partial charge in [0.05, 0.1) is 0 Å². The highest BCUT2D eigenvalue weighted by atomic mass is 16.1. The molecule has 2 unspecified atom stereocenters. The van der Waals surface area contributed by atoms with Gasteiger partial charge in [-0.2, -0.15) is 0 Å². The molecule has 0 spiro atoms. The molecule has 20 heavy (non-hydrogen) atoms. The maximum atomic E-state index is 12.9. The van der Waals surface area contributed by atoms with Crippen LogP contribution in [0.3, 0.4) is 0 Å². The third-order valence-corrected chi connectivity index (χ3v) is 5.34. The van der Waals surface area contributed by atoms with Gasteiger partial charge >= 0.3 is 0 Å². The summed E-state index contributed by atoms with van der Waals surface area (Å²) in [4.78, 5) is 12.9. The molecule has 2 atom stereocenters. The van der Waals surface area contributed by atoms with Crippen LogP contribution in [0, 0.1) is 11.8 Å². The van der Waals surface area contributed by atoms with Gasteiger partial charge in [0.1, 0.15) is 0 Å². The molecule has 1 heteroatoms. The molecule has 0 amide bonds. The number of hydrogen-bond acceptors (Lipinski definition) is 1. The second kappa shape index (κ2) is 4.44. The number of rotatable bonds is 2. The molecule has 0 aliphatic heterocycles. The van der Waals surface area contributed by atoms with Crippen LogP contribution in [0.2, 0.25) is 0 Å². The van der Waals surface area contributed by atoms with Crippen LogP contribution in [0.4, 0.5) is 0 Å².